The highest BCUT2D eigenvalue weighted by Gasteiger charge is 2.21. The molecule has 1 amide bonds. The minimum atomic E-state index is -3.96. The van der Waals surface area contributed by atoms with E-state index in [1.807, 2.05) is 0 Å². The van der Waals surface area contributed by atoms with Crippen LogP contribution in [0.25, 0.3) is 0 Å². The minimum absolute atomic E-state index is 0.102. The fourth-order valence-corrected chi connectivity index (χ4v) is 4.11. The third kappa shape index (κ3) is 4.31. The van der Waals surface area contributed by atoms with E-state index in [2.05, 4.69) is 9.71 Å². The van der Waals surface area contributed by atoms with Gasteiger partial charge in [-0.25, -0.2) is 8.78 Å². The first-order valence-corrected chi connectivity index (χ1v) is 10.1. The lowest BCUT2D eigenvalue weighted by Gasteiger charge is -2.11. The molecular formula is C18H16ClF2N3O3S. The lowest BCUT2D eigenvalue weighted by Crippen LogP contribution is -2.20. The van der Waals surface area contributed by atoms with Gasteiger partial charge in [-0.3, -0.25) is 4.79 Å². The Hall–Kier alpha value is -2.52. The number of anilines is 1. The van der Waals surface area contributed by atoms with Crippen molar-refractivity contribution >= 4 is 39.1 Å². The van der Waals surface area contributed by atoms with Crippen molar-refractivity contribution in [1.82, 2.24) is 4.90 Å². The van der Waals surface area contributed by atoms with Crippen LogP contribution in [0.4, 0.5) is 14.5 Å². The Morgan fingerprint density at radius 2 is 1.93 bits per heavy atom. The maximum absolute atomic E-state index is 13.4. The molecule has 1 aliphatic rings. The van der Waals surface area contributed by atoms with Crippen LogP contribution in [0.3, 0.4) is 0 Å². The molecule has 0 aliphatic carbocycles. The average Bonchev–Trinajstić information content (AvgIpc) is 3.02. The van der Waals surface area contributed by atoms with Crippen molar-refractivity contribution in [3.05, 3.63) is 58.6 Å². The number of carbonyl (C=O) groups excluding carboxylic acids is 1. The molecule has 1 N–H and O–H groups in total. The second-order valence-electron chi connectivity index (χ2n) is 6.24. The first-order valence-electron chi connectivity index (χ1n) is 8.28. The molecule has 6 nitrogen and oxygen atoms in total. The van der Waals surface area contributed by atoms with Gasteiger partial charge < -0.3 is 10.2 Å². The second-order valence-corrected chi connectivity index (χ2v) is 8.25. The first kappa shape index (κ1) is 20.2. The van der Waals surface area contributed by atoms with Crippen LogP contribution in [-0.2, 0) is 10.0 Å². The van der Waals surface area contributed by atoms with Gasteiger partial charge in [0.25, 0.3) is 15.9 Å². The van der Waals surface area contributed by atoms with Gasteiger partial charge in [0.2, 0.25) is 0 Å². The van der Waals surface area contributed by atoms with Crippen LogP contribution in [0.5, 0.6) is 0 Å². The van der Waals surface area contributed by atoms with Crippen LogP contribution in [-0.4, -0.2) is 38.7 Å². The number of amides is 1. The van der Waals surface area contributed by atoms with Crippen LogP contribution >= 0.6 is 11.6 Å². The van der Waals surface area contributed by atoms with Crippen molar-refractivity contribution in [2.45, 2.75) is 17.7 Å². The SMILES string of the molecule is CN1CCCC1=NS(=O)(=O)c1cccc(NC(=O)c2cc(F)c(F)cc2Cl)c1. The van der Waals surface area contributed by atoms with Gasteiger partial charge in [-0.05, 0) is 36.8 Å². The highest BCUT2D eigenvalue weighted by atomic mass is 35.5. The molecule has 0 unspecified atom stereocenters. The molecule has 1 fully saturated rings. The van der Waals surface area contributed by atoms with E-state index in [0.717, 1.165) is 13.0 Å². The van der Waals surface area contributed by atoms with E-state index >= 15 is 0 Å². The summed E-state index contributed by atoms with van der Waals surface area (Å²) in [7, 11) is -2.19. The third-order valence-corrected chi connectivity index (χ3v) is 5.82. The average molecular weight is 428 g/mol. The summed E-state index contributed by atoms with van der Waals surface area (Å²) in [5, 5.41) is 2.16. The zero-order chi connectivity index (χ0) is 20.5. The number of carbonyl (C=O) groups is 1. The number of rotatable bonds is 4. The molecule has 0 bridgehead atoms. The summed E-state index contributed by atoms with van der Waals surface area (Å²) in [6.45, 7) is 0.736. The number of sulfonamides is 1. The number of nitrogens with zero attached hydrogens (tertiary/aromatic N) is 2. The number of benzene rings is 2. The molecule has 0 spiro atoms. The van der Waals surface area contributed by atoms with E-state index in [0.29, 0.717) is 24.4 Å². The second kappa shape index (κ2) is 7.84. The van der Waals surface area contributed by atoms with Gasteiger partial charge in [0.05, 0.1) is 15.5 Å². The van der Waals surface area contributed by atoms with Gasteiger partial charge >= 0.3 is 0 Å². The predicted molar refractivity (Wildman–Crippen MR) is 102 cm³/mol. The Morgan fingerprint density at radius 3 is 2.61 bits per heavy atom. The number of halogens is 3. The van der Waals surface area contributed by atoms with Crippen molar-refractivity contribution in [2.24, 2.45) is 4.40 Å². The van der Waals surface area contributed by atoms with Crippen LogP contribution in [0.15, 0.2) is 45.7 Å². The maximum Gasteiger partial charge on any atom is 0.284 e. The van der Waals surface area contributed by atoms with E-state index in [1.54, 1.807) is 11.9 Å². The maximum atomic E-state index is 13.4. The molecule has 1 aliphatic heterocycles. The highest BCUT2D eigenvalue weighted by Crippen LogP contribution is 2.23. The minimum Gasteiger partial charge on any atom is -0.362 e. The summed E-state index contributed by atoms with van der Waals surface area (Å²) in [5.74, 6) is -2.73. The van der Waals surface area contributed by atoms with Crippen molar-refractivity contribution < 1.29 is 22.0 Å². The third-order valence-electron chi connectivity index (χ3n) is 4.20. The van der Waals surface area contributed by atoms with Crippen LogP contribution in [0.1, 0.15) is 23.2 Å². The number of hydrogen-bond acceptors (Lipinski definition) is 3. The van der Waals surface area contributed by atoms with Gasteiger partial charge in [-0.15, -0.1) is 4.40 Å². The fourth-order valence-electron chi connectivity index (χ4n) is 2.73. The smallest absolute Gasteiger partial charge is 0.284 e. The lowest BCUT2D eigenvalue weighted by atomic mass is 10.2. The molecule has 2 aromatic rings. The van der Waals surface area contributed by atoms with Crippen molar-refractivity contribution in [2.75, 3.05) is 18.9 Å². The van der Waals surface area contributed by atoms with Gasteiger partial charge in [-0.2, -0.15) is 8.42 Å². The summed E-state index contributed by atoms with van der Waals surface area (Å²) in [6.07, 6.45) is 1.40. The molecule has 2 aromatic carbocycles. The van der Waals surface area contributed by atoms with Gasteiger partial charge in [0.15, 0.2) is 11.6 Å². The Kier molecular flexibility index (Phi) is 5.66. The molecule has 28 heavy (non-hydrogen) atoms. The largest absolute Gasteiger partial charge is 0.362 e. The van der Waals surface area contributed by atoms with Gasteiger partial charge in [0, 0.05) is 25.7 Å². The van der Waals surface area contributed by atoms with Gasteiger partial charge in [-0.1, -0.05) is 17.7 Å². The standard InChI is InChI=1S/C18H16ClF2N3O3S/c1-24-7-3-6-17(24)23-28(26,27)12-5-2-4-11(8-12)22-18(25)13-9-15(20)16(21)10-14(13)19/h2,4-5,8-10H,3,6-7H2,1H3,(H,22,25). The molecule has 0 atom stereocenters. The monoisotopic (exact) mass is 427 g/mol. The molecule has 1 heterocycles. The first-order chi connectivity index (χ1) is 13.2. The quantitative estimate of drug-likeness (QED) is 0.755. The summed E-state index contributed by atoms with van der Waals surface area (Å²) < 4.78 is 55.5. The molecule has 1 saturated heterocycles. The Balaban J connectivity index is 1.86. The summed E-state index contributed by atoms with van der Waals surface area (Å²) in [4.78, 5) is 14.0. The van der Waals surface area contributed by atoms with Crippen LogP contribution < -0.4 is 5.32 Å². The summed E-state index contributed by atoms with van der Waals surface area (Å²) >= 11 is 5.79. The zero-order valence-electron chi connectivity index (χ0n) is 14.7. The molecule has 0 aromatic heterocycles. The number of hydrogen-bond donors (Lipinski definition) is 1. The Labute approximate surface area is 165 Å². The van der Waals surface area contributed by atoms with E-state index in [9.17, 15) is 22.0 Å². The molecule has 0 saturated carbocycles. The predicted octanol–water partition coefficient (Wildman–Crippen LogP) is 3.68. The van der Waals surface area contributed by atoms with E-state index < -0.39 is 27.6 Å². The molecule has 10 heteroatoms. The Bertz CT molecular complexity index is 1070. The summed E-state index contributed by atoms with van der Waals surface area (Å²) in [5.41, 5.74) is -0.131. The van der Waals surface area contributed by atoms with Crippen molar-refractivity contribution in [1.29, 1.82) is 0 Å². The van der Waals surface area contributed by atoms with Gasteiger partial charge in [0.1, 0.15) is 5.84 Å². The van der Waals surface area contributed by atoms with E-state index in [-0.39, 0.29) is 21.2 Å². The van der Waals surface area contributed by atoms with Crippen LogP contribution in [0.2, 0.25) is 5.02 Å². The zero-order valence-corrected chi connectivity index (χ0v) is 16.3. The Morgan fingerprint density at radius 1 is 1.21 bits per heavy atom. The number of amidine groups is 1. The molecule has 3 rings (SSSR count). The van der Waals surface area contributed by atoms with E-state index in [1.165, 1.54) is 24.3 Å². The molecule has 0 radical (unpaired) electrons. The normalized spacial score (nSPS) is 15.9. The molecular weight excluding hydrogens is 412 g/mol. The number of likely N-dealkylation sites (tertiary alicyclic amines) is 1. The fraction of sp³-hybridized carbons (Fsp3) is 0.222. The van der Waals surface area contributed by atoms with Crippen molar-refractivity contribution in [3.8, 4) is 0 Å². The highest BCUT2D eigenvalue weighted by molar-refractivity contribution is 7.90. The summed E-state index contributed by atoms with van der Waals surface area (Å²) in [6, 6.07) is 6.86. The topological polar surface area (TPSA) is 78.8 Å². The van der Waals surface area contributed by atoms with Crippen LogP contribution in [0, 0.1) is 11.6 Å². The lowest BCUT2D eigenvalue weighted by molar-refractivity contribution is 0.102. The molecule has 148 valence electrons. The number of nitrogens with one attached hydrogen (secondary N) is 1. The van der Waals surface area contributed by atoms with E-state index in [4.69, 9.17) is 11.6 Å². The van der Waals surface area contributed by atoms with Crippen molar-refractivity contribution in [3.63, 3.8) is 0 Å².